The highest BCUT2D eigenvalue weighted by Crippen LogP contribution is 2.40. The molecule has 35 heavy (non-hydrogen) atoms. The number of carbonyl (C=O) groups excluding carboxylic acids is 2. The Labute approximate surface area is 213 Å². The van der Waals surface area contributed by atoms with Gasteiger partial charge in [-0.05, 0) is 82.2 Å². The molecule has 5 nitrogen and oxygen atoms in total. The van der Waals surface area contributed by atoms with Crippen LogP contribution in [0.1, 0.15) is 23.6 Å². The van der Waals surface area contributed by atoms with Crippen molar-refractivity contribution in [3.05, 3.63) is 98.4 Å². The first-order valence-electron chi connectivity index (χ1n) is 10.7. The Morgan fingerprint density at radius 3 is 2.49 bits per heavy atom. The van der Waals surface area contributed by atoms with Gasteiger partial charge in [-0.1, -0.05) is 30.3 Å². The van der Waals surface area contributed by atoms with Gasteiger partial charge in [0.2, 0.25) is 0 Å². The van der Waals surface area contributed by atoms with E-state index in [1.807, 2.05) is 6.92 Å². The van der Waals surface area contributed by atoms with Crippen LogP contribution in [0.5, 0.6) is 11.5 Å². The topological polar surface area (TPSA) is 55.8 Å². The number of amides is 2. The average Bonchev–Trinajstić information content (AvgIpc) is 3.08. The van der Waals surface area contributed by atoms with Crippen molar-refractivity contribution in [3.8, 4) is 11.5 Å². The minimum Gasteiger partial charge on any atom is -0.490 e. The van der Waals surface area contributed by atoms with Crippen LogP contribution in [0.4, 0.5) is 13.6 Å². The summed E-state index contributed by atoms with van der Waals surface area (Å²) in [6.45, 7) is 2.27. The maximum Gasteiger partial charge on any atom is 0.293 e. The van der Waals surface area contributed by atoms with Crippen LogP contribution in [0.25, 0.3) is 6.08 Å². The summed E-state index contributed by atoms with van der Waals surface area (Å²) >= 11 is 4.29. The van der Waals surface area contributed by atoms with Crippen LogP contribution in [-0.2, 0) is 17.9 Å². The van der Waals surface area contributed by atoms with Crippen molar-refractivity contribution in [2.24, 2.45) is 0 Å². The Kier molecular flexibility index (Phi) is 7.87. The molecule has 1 saturated heterocycles. The van der Waals surface area contributed by atoms with Gasteiger partial charge in [-0.25, -0.2) is 8.78 Å². The van der Waals surface area contributed by atoms with E-state index in [1.165, 1.54) is 18.2 Å². The normalized spacial score (nSPS) is 14.6. The molecular weight excluding hydrogens is 540 g/mol. The lowest BCUT2D eigenvalue weighted by Crippen LogP contribution is -2.27. The molecule has 1 aliphatic heterocycles. The summed E-state index contributed by atoms with van der Waals surface area (Å²) in [5.74, 6) is -0.388. The van der Waals surface area contributed by atoms with Crippen molar-refractivity contribution < 1.29 is 27.8 Å². The van der Waals surface area contributed by atoms with Crippen molar-refractivity contribution in [2.45, 2.75) is 20.1 Å². The van der Waals surface area contributed by atoms with E-state index in [0.29, 0.717) is 28.1 Å². The summed E-state index contributed by atoms with van der Waals surface area (Å²) in [4.78, 5) is 26.6. The molecule has 0 aliphatic carbocycles. The highest BCUT2D eigenvalue weighted by Gasteiger charge is 2.35. The molecule has 1 heterocycles. The zero-order valence-corrected chi connectivity index (χ0v) is 21.0. The number of ether oxygens (including phenoxy) is 2. The van der Waals surface area contributed by atoms with Crippen LogP contribution < -0.4 is 9.47 Å². The molecule has 9 heteroatoms. The van der Waals surface area contributed by atoms with Gasteiger partial charge in [-0.3, -0.25) is 14.5 Å². The smallest absolute Gasteiger partial charge is 0.293 e. The molecule has 2 amide bonds. The van der Waals surface area contributed by atoms with Crippen molar-refractivity contribution in [2.75, 3.05) is 6.61 Å². The Bertz CT molecular complexity index is 1300. The molecule has 0 radical (unpaired) electrons. The molecular formula is C26H20BrF2NO4S. The van der Waals surface area contributed by atoms with Crippen molar-refractivity contribution in [1.29, 1.82) is 0 Å². The second-order valence-corrected chi connectivity index (χ2v) is 9.38. The zero-order chi connectivity index (χ0) is 24.9. The molecule has 0 unspecified atom stereocenters. The van der Waals surface area contributed by atoms with E-state index in [2.05, 4.69) is 15.9 Å². The van der Waals surface area contributed by atoms with Crippen LogP contribution in [0.15, 0.2) is 70.0 Å². The second kappa shape index (κ2) is 11.0. The molecule has 0 saturated carbocycles. The summed E-state index contributed by atoms with van der Waals surface area (Å²) < 4.78 is 39.4. The Hall–Kier alpha value is -3.17. The summed E-state index contributed by atoms with van der Waals surface area (Å²) in [5, 5.41) is -0.465. The second-order valence-electron chi connectivity index (χ2n) is 7.54. The molecule has 0 atom stereocenters. The van der Waals surface area contributed by atoms with Crippen molar-refractivity contribution in [1.82, 2.24) is 4.90 Å². The standard InChI is InChI=1S/C26H20BrF2NO4S/c1-2-33-22-12-17(11-20(27)24(22)34-15-16-7-9-19(28)10-8-16)13-23-25(31)30(26(32)35-23)14-18-5-3-4-6-21(18)29/h3-13H,2,14-15H2,1H3/b23-13-. The lowest BCUT2D eigenvalue weighted by molar-refractivity contribution is -0.123. The first-order valence-corrected chi connectivity index (χ1v) is 12.3. The largest absolute Gasteiger partial charge is 0.490 e. The first kappa shape index (κ1) is 24.9. The van der Waals surface area contributed by atoms with Crippen molar-refractivity contribution >= 4 is 44.9 Å². The lowest BCUT2D eigenvalue weighted by atomic mass is 10.1. The van der Waals surface area contributed by atoms with Gasteiger partial charge in [0.05, 0.1) is 22.5 Å². The van der Waals surface area contributed by atoms with Gasteiger partial charge in [-0.2, -0.15) is 0 Å². The van der Waals surface area contributed by atoms with Gasteiger partial charge in [0.25, 0.3) is 11.1 Å². The molecule has 1 aliphatic rings. The number of hydrogen-bond donors (Lipinski definition) is 0. The summed E-state index contributed by atoms with van der Waals surface area (Å²) in [6.07, 6.45) is 1.59. The Balaban J connectivity index is 1.55. The van der Waals surface area contributed by atoms with Gasteiger partial charge in [-0.15, -0.1) is 0 Å². The highest BCUT2D eigenvalue weighted by atomic mass is 79.9. The van der Waals surface area contributed by atoms with E-state index >= 15 is 0 Å². The lowest BCUT2D eigenvalue weighted by Gasteiger charge is -2.15. The summed E-state index contributed by atoms with van der Waals surface area (Å²) in [6, 6.07) is 15.5. The van der Waals surface area contributed by atoms with Gasteiger partial charge >= 0.3 is 0 Å². The molecule has 4 rings (SSSR count). The Morgan fingerprint density at radius 1 is 1.03 bits per heavy atom. The predicted molar refractivity (Wildman–Crippen MR) is 134 cm³/mol. The average molecular weight is 560 g/mol. The molecule has 0 bridgehead atoms. The first-order chi connectivity index (χ1) is 16.9. The molecule has 0 spiro atoms. The maximum atomic E-state index is 14.0. The van der Waals surface area contributed by atoms with E-state index in [4.69, 9.17) is 9.47 Å². The van der Waals surface area contributed by atoms with Gasteiger partial charge in [0.1, 0.15) is 18.2 Å². The Morgan fingerprint density at radius 2 is 1.77 bits per heavy atom. The van der Waals surface area contributed by atoms with Crippen molar-refractivity contribution in [3.63, 3.8) is 0 Å². The fourth-order valence-corrected chi connectivity index (χ4v) is 4.81. The fourth-order valence-electron chi connectivity index (χ4n) is 3.40. The molecule has 180 valence electrons. The third kappa shape index (κ3) is 5.91. The quantitative estimate of drug-likeness (QED) is 0.280. The number of nitrogens with zero attached hydrogens (tertiary/aromatic N) is 1. The number of rotatable bonds is 8. The third-order valence-corrected chi connectivity index (χ3v) is 6.58. The SMILES string of the molecule is CCOc1cc(/C=C2\SC(=O)N(Cc3ccccc3F)C2=O)cc(Br)c1OCc1ccc(F)cc1. The monoisotopic (exact) mass is 559 g/mol. The minimum atomic E-state index is -0.492. The van der Waals surface area contributed by atoms with Crippen LogP contribution in [0.3, 0.4) is 0 Å². The van der Waals surface area contributed by atoms with Crippen LogP contribution in [-0.4, -0.2) is 22.7 Å². The number of thioether (sulfide) groups is 1. The molecule has 0 aromatic heterocycles. The number of benzene rings is 3. The summed E-state index contributed by atoms with van der Waals surface area (Å²) in [7, 11) is 0. The van der Waals surface area contributed by atoms with Gasteiger partial charge in [0, 0.05) is 5.56 Å². The van der Waals surface area contributed by atoms with Gasteiger partial charge < -0.3 is 9.47 Å². The minimum absolute atomic E-state index is 0.140. The third-order valence-electron chi connectivity index (χ3n) is 5.09. The van der Waals surface area contributed by atoms with Crippen LogP contribution in [0.2, 0.25) is 0 Å². The predicted octanol–water partition coefficient (Wildman–Crippen LogP) is 6.94. The maximum absolute atomic E-state index is 14.0. The number of imide groups is 1. The van der Waals surface area contributed by atoms with E-state index in [0.717, 1.165) is 22.2 Å². The molecule has 1 fully saturated rings. The van der Waals surface area contributed by atoms with Crippen LogP contribution >= 0.6 is 27.7 Å². The molecule has 0 N–H and O–H groups in total. The van der Waals surface area contributed by atoms with E-state index in [1.54, 1.807) is 48.5 Å². The number of halogens is 3. The van der Waals surface area contributed by atoms with E-state index < -0.39 is 17.0 Å². The fraction of sp³-hybridized carbons (Fsp3) is 0.154. The molecule has 3 aromatic carbocycles. The van der Waals surface area contributed by atoms with Crippen LogP contribution in [0, 0.1) is 11.6 Å². The van der Waals surface area contributed by atoms with Gasteiger partial charge in [0.15, 0.2) is 11.5 Å². The van der Waals surface area contributed by atoms with E-state index in [-0.39, 0.29) is 29.4 Å². The van der Waals surface area contributed by atoms with E-state index in [9.17, 15) is 18.4 Å². The molecule has 3 aromatic rings. The number of carbonyl (C=O) groups is 2. The summed E-state index contributed by atoms with van der Waals surface area (Å²) in [5.41, 5.74) is 1.67. The highest BCUT2D eigenvalue weighted by molar-refractivity contribution is 9.10. The number of hydrogen-bond acceptors (Lipinski definition) is 5. The zero-order valence-electron chi connectivity index (χ0n) is 18.6.